The summed E-state index contributed by atoms with van der Waals surface area (Å²) in [6, 6.07) is 0. The van der Waals surface area contributed by atoms with Crippen molar-refractivity contribution in [3.05, 3.63) is 18.0 Å². The number of amides is 1. The molecule has 0 unspecified atom stereocenters. The molecule has 2 heterocycles. The van der Waals surface area contributed by atoms with Crippen LogP contribution in [0.1, 0.15) is 16.8 Å². The number of aromatic nitrogens is 2. The van der Waals surface area contributed by atoms with E-state index in [1.807, 2.05) is 16.7 Å². The minimum absolute atomic E-state index is 0.00959. The highest BCUT2D eigenvalue weighted by atomic mass is 32.2. The van der Waals surface area contributed by atoms with E-state index in [2.05, 4.69) is 5.10 Å². The van der Waals surface area contributed by atoms with Crippen molar-refractivity contribution in [2.75, 3.05) is 24.6 Å². The summed E-state index contributed by atoms with van der Waals surface area (Å²) in [6.07, 6.45) is 3.13. The van der Waals surface area contributed by atoms with Gasteiger partial charge >= 0.3 is 5.97 Å². The second-order valence-electron chi connectivity index (χ2n) is 4.04. The maximum Gasteiger partial charge on any atom is 0.305 e. The van der Waals surface area contributed by atoms with Crippen molar-refractivity contribution in [2.45, 2.75) is 13.0 Å². The molecule has 18 heavy (non-hydrogen) atoms. The average molecular weight is 269 g/mol. The number of hydrogen-bond acceptors (Lipinski definition) is 4. The molecule has 0 saturated carbocycles. The van der Waals surface area contributed by atoms with Crippen molar-refractivity contribution < 1.29 is 14.7 Å². The third-order valence-electron chi connectivity index (χ3n) is 2.73. The van der Waals surface area contributed by atoms with Crippen LogP contribution in [-0.2, 0) is 11.3 Å². The van der Waals surface area contributed by atoms with E-state index in [0.29, 0.717) is 12.1 Å². The monoisotopic (exact) mass is 269 g/mol. The Morgan fingerprint density at radius 1 is 1.39 bits per heavy atom. The van der Waals surface area contributed by atoms with Crippen molar-refractivity contribution in [1.82, 2.24) is 14.7 Å². The van der Waals surface area contributed by atoms with Crippen LogP contribution in [0.25, 0.3) is 0 Å². The zero-order chi connectivity index (χ0) is 13.0. The van der Waals surface area contributed by atoms with Gasteiger partial charge in [0.15, 0.2) is 0 Å². The van der Waals surface area contributed by atoms with Crippen molar-refractivity contribution >= 4 is 23.6 Å². The normalized spacial score (nSPS) is 15.7. The summed E-state index contributed by atoms with van der Waals surface area (Å²) in [6.45, 7) is 1.83. The molecule has 7 heteroatoms. The van der Waals surface area contributed by atoms with E-state index < -0.39 is 5.97 Å². The lowest BCUT2D eigenvalue weighted by Crippen LogP contribution is -2.37. The number of carbonyl (C=O) groups excluding carboxylic acids is 1. The van der Waals surface area contributed by atoms with Crippen LogP contribution in [-0.4, -0.2) is 56.3 Å². The van der Waals surface area contributed by atoms with Crippen LogP contribution in [0.5, 0.6) is 0 Å². The molecule has 1 aliphatic heterocycles. The van der Waals surface area contributed by atoms with Gasteiger partial charge in [0.25, 0.3) is 5.91 Å². The Labute approximate surface area is 109 Å². The first kappa shape index (κ1) is 12.9. The Bertz CT molecular complexity index is 440. The second-order valence-corrected chi connectivity index (χ2v) is 5.27. The molecule has 1 amide bonds. The Morgan fingerprint density at radius 2 is 2.11 bits per heavy atom. The molecule has 0 bridgehead atoms. The fourth-order valence-corrected chi connectivity index (χ4v) is 2.66. The first-order valence-electron chi connectivity index (χ1n) is 5.78. The molecule has 0 aliphatic carbocycles. The molecule has 1 aliphatic rings. The van der Waals surface area contributed by atoms with E-state index in [9.17, 15) is 9.59 Å². The number of rotatable bonds is 4. The number of aryl methyl sites for hydroxylation is 1. The zero-order valence-corrected chi connectivity index (χ0v) is 10.7. The van der Waals surface area contributed by atoms with Crippen LogP contribution < -0.4 is 0 Å². The standard InChI is InChI=1S/C11H15N3O3S/c15-10(16)1-2-14-8-9(7-12-14)11(17)13-3-5-18-6-4-13/h7-8H,1-6H2,(H,15,16). The van der Waals surface area contributed by atoms with Gasteiger partial charge in [-0.05, 0) is 0 Å². The number of hydrogen-bond donors (Lipinski definition) is 1. The number of nitrogens with zero attached hydrogens (tertiary/aromatic N) is 3. The fourth-order valence-electron chi connectivity index (χ4n) is 1.76. The van der Waals surface area contributed by atoms with Gasteiger partial charge < -0.3 is 10.0 Å². The van der Waals surface area contributed by atoms with Gasteiger partial charge in [-0.25, -0.2) is 0 Å². The Hall–Kier alpha value is -1.50. The van der Waals surface area contributed by atoms with Crippen molar-refractivity contribution in [1.29, 1.82) is 0 Å². The van der Waals surface area contributed by atoms with Gasteiger partial charge in [0.05, 0.1) is 24.7 Å². The predicted octanol–water partition coefficient (Wildman–Crippen LogP) is 0.547. The first-order chi connectivity index (χ1) is 8.66. The van der Waals surface area contributed by atoms with Gasteiger partial charge in [0, 0.05) is 30.8 Å². The highest BCUT2D eigenvalue weighted by Crippen LogP contribution is 2.12. The lowest BCUT2D eigenvalue weighted by Gasteiger charge is -2.25. The second kappa shape index (κ2) is 5.90. The number of carboxylic acid groups (broad SMARTS) is 1. The van der Waals surface area contributed by atoms with Crippen LogP contribution in [0.15, 0.2) is 12.4 Å². The molecule has 2 rings (SSSR count). The van der Waals surface area contributed by atoms with Crippen LogP contribution >= 0.6 is 11.8 Å². The number of carbonyl (C=O) groups is 2. The molecular formula is C11H15N3O3S. The topological polar surface area (TPSA) is 75.4 Å². The maximum atomic E-state index is 12.1. The Kier molecular flexibility index (Phi) is 4.24. The Balaban J connectivity index is 1.95. The minimum atomic E-state index is -0.869. The minimum Gasteiger partial charge on any atom is -0.481 e. The third kappa shape index (κ3) is 3.25. The SMILES string of the molecule is O=C(O)CCn1cc(C(=O)N2CCSCC2)cn1. The highest BCUT2D eigenvalue weighted by molar-refractivity contribution is 7.99. The van der Waals surface area contributed by atoms with Gasteiger partial charge in [-0.15, -0.1) is 0 Å². The number of thioether (sulfide) groups is 1. The summed E-state index contributed by atoms with van der Waals surface area (Å²) in [7, 11) is 0. The summed E-state index contributed by atoms with van der Waals surface area (Å²) in [5.41, 5.74) is 0.535. The molecule has 1 fully saturated rings. The molecule has 0 radical (unpaired) electrons. The molecule has 98 valence electrons. The molecule has 0 aromatic carbocycles. The summed E-state index contributed by atoms with van der Waals surface area (Å²) in [5, 5.41) is 12.6. The van der Waals surface area contributed by atoms with Gasteiger partial charge in [-0.3, -0.25) is 14.3 Å². The van der Waals surface area contributed by atoms with Crippen molar-refractivity contribution in [3.63, 3.8) is 0 Å². The van der Waals surface area contributed by atoms with Crippen LogP contribution in [0, 0.1) is 0 Å². The highest BCUT2D eigenvalue weighted by Gasteiger charge is 2.19. The van der Waals surface area contributed by atoms with Gasteiger partial charge in [0.1, 0.15) is 0 Å². The average Bonchev–Trinajstić information content (AvgIpc) is 2.85. The zero-order valence-electron chi connectivity index (χ0n) is 9.91. The van der Waals surface area contributed by atoms with E-state index in [-0.39, 0.29) is 12.3 Å². The van der Waals surface area contributed by atoms with Crippen LogP contribution in [0.2, 0.25) is 0 Å². The quantitative estimate of drug-likeness (QED) is 0.863. The summed E-state index contributed by atoms with van der Waals surface area (Å²) in [5.74, 6) is 1.06. The molecule has 0 atom stereocenters. The van der Waals surface area contributed by atoms with Gasteiger partial charge in [0.2, 0.25) is 0 Å². The fraction of sp³-hybridized carbons (Fsp3) is 0.545. The largest absolute Gasteiger partial charge is 0.481 e. The van der Waals surface area contributed by atoms with Crippen molar-refractivity contribution in [2.24, 2.45) is 0 Å². The first-order valence-corrected chi connectivity index (χ1v) is 6.93. The van der Waals surface area contributed by atoms with Gasteiger partial charge in [-0.1, -0.05) is 0 Å². The molecular weight excluding hydrogens is 254 g/mol. The van der Waals surface area contributed by atoms with Crippen LogP contribution in [0.4, 0.5) is 0 Å². The van der Waals surface area contributed by atoms with E-state index in [1.54, 1.807) is 6.20 Å². The molecule has 1 saturated heterocycles. The third-order valence-corrected chi connectivity index (χ3v) is 3.68. The molecule has 1 aromatic rings. The smallest absolute Gasteiger partial charge is 0.305 e. The lowest BCUT2D eigenvalue weighted by atomic mass is 10.3. The Morgan fingerprint density at radius 3 is 2.78 bits per heavy atom. The molecule has 1 aromatic heterocycles. The molecule has 1 N–H and O–H groups in total. The van der Waals surface area contributed by atoms with Crippen LogP contribution in [0.3, 0.4) is 0 Å². The number of carboxylic acids is 1. The molecule has 6 nitrogen and oxygen atoms in total. The maximum absolute atomic E-state index is 12.1. The van der Waals surface area contributed by atoms with E-state index in [1.165, 1.54) is 10.9 Å². The van der Waals surface area contributed by atoms with Crippen molar-refractivity contribution in [3.8, 4) is 0 Å². The summed E-state index contributed by atoms with van der Waals surface area (Å²) in [4.78, 5) is 24.4. The summed E-state index contributed by atoms with van der Waals surface area (Å²) >= 11 is 1.85. The van der Waals surface area contributed by atoms with E-state index in [4.69, 9.17) is 5.11 Å². The summed E-state index contributed by atoms with van der Waals surface area (Å²) < 4.78 is 1.50. The predicted molar refractivity (Wildman–Crippen MR) is 67.7 cm³/mol. The molecule has 0 spiro atoms. The van der Waals surface area contributed by atoms with E-state index in [0.717, 1.165) is 24.6 Å². The van der Waals surface area contributed by atoms with E-state index >= 15 is 0 Å². The lowest BCUT2D eigenvalue weighted by molar-refractivity contribution is -0.137. The van der Waals surface area contributed by atoms with Gasteiger partial charge in [-0.2, -0.15) is 16.9 Å². The number of aliphatic carboxylic acids is 1.